The number of carbonyl (C=O) groups excluding carboxylic acids is 1. The van der Waals surface area contributed by atoms with Crippen LogP contribution < -0.4 is 10.2 Å². The van der Waals surface area contributed by atoms with E-state index in [0.717, 1.165) is 36.8 Å². The van der Waals surface area contributed by atoms with Crippen molar-refractivity contribution in [2.24, 2.45) is 0 Å². The van der Waals surface area contributed by atoms with Crippen LogP contribution in [0, 0.1) is 11.6 Å². The Labute approximate surface area is 163 Å². The van der Waals surface area contributed by atoms with Crippen LogP contribution in [0.4, 0.5) is 14.5 Å². The molecular formula is C22H24F2N2O2. The van der Waals surface area contributed by atoms with Crippen molar-refractivity contribution in [2.45, 2.75) is 19.4 Å². The average Bonchev–Trinajstić information content (AvgIpc) is 2.70. The number of carbonyl (C=O) groups is 1. The molecule has 1 atom stereocenters. The molecule has 0 bridgehead atoms. The molecule has 148 valence electrons. The van der Waals surface area contributed by atoms with Crippen LogP contribution in [-0.4, -0.2) is 32.2 Å². The Hall–Kier alpha value is -2.73. The highest BCUT2D eigenvalue weighted by atomic mass is 19.1. The van der Waals surface area contributed by atoms with Crippen LogP contribution >= 0.6 is 0 Å². The zero-order chi connectivity index (χ0) is 19.9. The van der Waals surface area contributed by atoms with Crippen LogP contribution in [0.3, 0.4) is 0 Å². The zero-order valence-electron chi connectivity index (χ0n) is 15.8. The number of halogens is 2. The van der Waals surface area contributed by atoms with Crippen LogP contribution in [0.25, 0.3) is 6.08 Å². The van der Waals surface area contributed by atoms with Gasteiger partial charge in [0.25, 0.3) is 0 Å². The van der Waals surface area contributed by atoms with Crippen LogP contribution in [0.5, 0.6) is 0 Å². The van der Waals surface area contributed by atoms with Gasteiger partial charge in [-0.1, -0.05) is 19.1 Å². The zero-order valence-corrected chi connectivity index (χ0v) is 15.8. The molecule has 1 aliphatic rings. The third-order valence-electron chi connectivity index (χ3n) is 4.69. The van der Waals surface area contributed by atoms with E-state index in [9.17, 15) is 13.6 Å². The summed E-state index contributed by atoms with van der Waals surface area (Å²) >= 11 is 0. The molecule has 0 aromatic heterocycles. The van der Waals surface area contributed by atoms with Gasteiger partial charge in [0, 0.05) is 30.9 Å². The summed E-state index contributed by atoms with van der Waals surface area (Å²) in [6, 6.07) is 11.1. The Morgan fingerprint density at radius 1 is 1.18 bits per heavy atom. The van der Waals surface area contributed by atoms with E-state index in [1.165, 1.54) is 24.3 Å². The largest absolute Gasteiger partial charge is 0.378 e. The van der Waals surface area contributed by atoms with E-state index in [0.29, 0.717) is 18.8 Å². The van der Waals surface area contributed by atoms with Gasteiger partial charge in [-0.25, -0.2) is 8.78 Å². The van der Waals surface area contributed by atoms with Crippen molar-refractivity contribution in [3.8, 4) is 0 Å². The summed E-state index contributed by atoms with van der Waals surface area (Å²) < 4.78 is 31.9. The fourth-order valence-corrected chi connectivity index (χ4v) is 3.24. The van der Waals surface area contributed by atoms with E-state index >= 15 is 0 Å². The molecule has 1 saturated heterocycles. The van der Waals surface area contributed by atoms with Gasteiger partial charge in [0.1, 0.15) is 11.6 Å². The first-order valence-electron chi connectivity index (χ1n) is 9.42. The van der Waals surface area contributed by atoms with Gasteiger partial charge in [0.05, 0.1) is 19.3 Å². The SMILES string of the molecule is CCC(NC(=O)/C=C/c1cc(F)cc(F)c1)c1cccc(N2CCOCC2)c1. The molecule has 0 radical (unpaired) electrons. The second-order valence-electron chi connectivity index (χ2n) is 6.70. The average molecular weight is 386 g/mol. The molecule has 0 saturated carbocycles. The minimum absolute atomic E-state index is 0.151. The predicted octanol–water partition coefficient (Wildman–Crippen LogP) is 4.08. The lowest BCUT2D eigenvalue weighted by atomic mass is 10.0. The number of morpholine rings is 1. The van der Waals surface area contributed by atoms with Crippen LogP contribution in [-0.2, 0) is 9.53 Å². The summed E-state index contributed by atoms with van der Waals surface area (Å²) in [5.74, 6) is -1.66. The molecule has 0 spiro atoms. The van der Waals surface area contributed by atoms with Crippen molar-refractivity contribution in [1.29, 1.82) is 0 Å². The molecule has 1 fully saturated rings. The van der Waals surface area contributed by atoms with Gasteiger partial charge in [-0.05, 0) is 47.9 Å². The Kier molecular flexibility index (Phi) is 6.76. The Morgan fingerprint density at radius 3 is 2.57 bits per heavy atom. The monoisotopic (exact) mass is 386 g/mol. The van der Waals surface area contributed by atoms with E-state index in [4.69, 9.17) is 4.74 Å². The number of hydrogen-bond acceptors (Lipinski definition) is 3. The van der Waals surface area contributed by atoms with E-state index in [1.807, 2.05) is 19.1 Å². The molecule has 1 unspecified atom stereocenters. The van der Waals surface area contributed by atoms with Gasteiger partial charge < -0.3 is 15.0 Å². The maximum absolute atomic E-state index is 13.2. The summed E-state index contributed by atoms with van der Waals surface area (Å²) in [5, 5.41) is 2.96. The predicted molar refractivity (Wildman–Crippen MR) is 106 cm³/mol. The molecule has 6 heteroatoms. The molecule has 1 aliphatic heterocycles. The molecule has 0 aliphatic carbocycles. The topological polar surface area (TPSA) is 41.6 Å². The first-order valence-corrected chi connectivity index (χ1v) is 9.42. The van der Waals surface area contributed by atoms with Gasteiger partial charge in [0.2, 0.25) is 5.91 Å². The lowest BCUT2D eigenvalue weighted by Gasteiger charge is -2.29. The lowest BCUT2D eigenvalue weighted by Crippen LogP contribution is -2.36. The fourth-order valence-electron chi connectivity index (χ4n) is 3.24. The first-order chi connectivity index (χ1) is 13.5. The molecule has 2 aromatic carbocycles. The Morgan fingerprint density at radius 2 is 1.89 bits per heavy atom. The van der Waals surface area contributed by atoms with Gasteiger partial charge in [0.15, 0.2) is 0 Å². The fraction of sp³-hybridized carbons (Fsp3) is 0.318. The first kappa shape index (κ1) is 20.0. The summed E-state index contributed by atoms with van der Waals surface area (Å²) in [6.07, 6.45) is 3.42. The van der Waals surface area contributed by atoms with Crippen molar-refractivity contribution < 1.29 is 18.3 Å². The van der Waals surface area contributed by atoms with Crippen LogP contribution in [0.2, 0.25) is 0 Å². The molecule has 1 N–H and O–H groups in total. The molecule has 1 amide bonds. The smallest absolute Gasteiger partial charge is 0.244 e. The third kappa shape index (κ3) is 5.39. The maximum Gasteiger partial charge on any atom is 0.244 e. The summed E-state index contributed by atoms with van der Waals surface area (Å²) in [5.41, 5.74) is 2.43. The number of ether oxygens (including phenoxy) is 1. The number of nitrogens with zero attached hydrogens (tertiary/aromatic N) is 1. The number of rotatable bonds is 6. The highest BCUT2D eigenvalue weighted by molar-refractivity contribution is 5.92. The number of amides is 1. The molecule has 1 heterocycles. The van der Waals surface area contributed by atoms with Gasteiger partial charge in [-0.3, -0.25) is 4.79 Å². The van der Waals surface area contributed by atoms with Crippen LogP contribution in [0.1, 0.15) is 30.5 Å². The van der Waals surface area contributed by atoms with Crippen molar-refractivity contribution in [1.82, 2.24) is 5.32 Å². The number of hydrogen-bond donors (Lipinski definition) is 1. The van der Waals surface area contributed by atoms with E-state index in [2.05, 4.69) is 22.3 Å². The van der Waals surface area contributed by atoms with Crippen molar-refractivity contribution >= 4 is 17.7 Å². The normalized spacial score (nSPS) is 15.6. The highest BCUT2D eigenvalue weighted by Gasteiger charge is 2.15. The Bertz CT molecular complexity index is 828. The summed E-state index contributed by atoms with van der Waals surface area (Å²) in [6.45, 7) is 5.12. The van der Waals surface area contributed by atoms with Crippen molar-refractivity contribution in [3.05, 3.63) is 71.3 Å². The molecule has 3 rings (SSSR count). The van der Waals surface area contributed by atoms with Crippen LogP contribution in [0.15, 0.2) is 48.5 Å². The second-order valence-corrected chi connectivity index (χ2v) is 6.70. The quantitative estimate of drug-likeness (QED) is 0.761. The molecular weight excluding hydrogens is 362 g/mol. The highest BCUT2D eigenvalue weighted by Crippen LogP contribution is 2.23. The standard InChI is InChI=1S/C22H24F2N2O2/c1-2-21(17-4-3-5-20(14-17)26-8-10-28-11-9-26)25-22(27)7-6-16-12-18(23)15-19(24)13-16/h3-7,12-15,21H,2,8-11H2,1H3,(H,25,27)/b7-6+. The minimum atomic E-state index is -0.675. The van der Waals surface area contributed by atoms with Gasteiger partial charge in [-0.15, -0.1) is 0 Å². The van der Waals surface area contributed by atoms with Gasteiger partial charge >= 0.3 is 0 Å². The van der Waals surface area contributed by atoms with Crippen molar-refractivity contribution in [3.63, 3.8) is 0 Å². The Balaban J connectivity index is 1.67. The second kappa shape index (κ2) is 9.46. The molecule has 28 heavy (non-hydrogen) atoms. The molecule has 2 aromatic rings. The number of benzene rings is 2. The van der Waals surface area contributed by atoms with E-state index < -0.39 is 11.6 Å². The summed E-state index contributed by atoms with van der Waals surface area (Å²) in [7, 11) is 0. The number of anilines is 1. The number of nitrogens with one attached hydrogen (secondary N) is 1. The van der Waals surface area contributed by atoms with E-state index in [-0.39, 0.29) is 11.9 Å². The minimum Gasteiger partial charge on any atom is -0.378 e. The maximum atomic E-state index is 13.2. The molecule has 4 nitrogen and oxygen atoms in total. The lowest BCUT2D eigenvalue weighted by molar-refractivity contribution is -0.117. The third-order valence-corrected chi connectivity index (χ3v) is 4.69. The summed E-state index contributed by atoms with van der Waals surface area (Å²) in [4.78, 5) is 14.6. The van der Waals surface area contributed by atoms with E-state index in [1.54, 1.807) is 0 Å². The van der Waals surface area contributed by atoms with Gasteiger partial charge in [-0.2, -0.15) is 0 Å². The van der Waals surface area contributed by atoms with Crippen molar-refractivity contribution in [2.75, 3.05) is 31.2 Å².